The van der Waals surface area contributed by atoms with Gasteiger partial charge in [0.05, 0.1) is 6.10 Å². The molecule has 11 heavy (non-hydrogen) atoms. The van der Waals surface area contributed by atoms with Crippen molar-refractivity contribution in [2.45, 2.75) is 40.7 Å². The number of esters is 1. The molecule has 0 saturated carbocycles. The maximum Gasteiger partial charge on any atom is 0.302 e. The summed E-state index contributed by atoms with van der Waals surface area (Å²) in [6, 6.07) is 0. The van der Waals surface area contributed by atoms with Crippen molar-refractivity contribution in [3.8, 4) is 0 Å². The van der Waals surface area contributed by atoms with Crippen LogP contribution in [0.25, 0.3) is 0 Å². The molecule has 0 aromatic rings. The van der Waals surface area contributed by atoms with Crippen LogP contribution in [-0.4, -0.2) is 12.1 Å². The van der Waals surface area contributed by atoms with Crippen molar-refractivity contribution in [1.29, 1.82) is 0 Å². The van der Waals surface area contributed by atoms with Crippen LogP contribution in [-0.2, 0) is 26.6 Å². The molecule has 0 radical (unpaired) electrons. The molecule has 0 N–H and O–H groups in total. The summed E-state index contributed by atoms with van der Waals surface area (Å²) >= 11 is 0. The zero-order chi connectivity index (χ0) is 8.57. The van der Waals surface area contributed by atoms with Crippen molar-refractivity contribution >= 4 is 5.97 Å². The van der Waals surface area contributed by atoms with Crippen molar-refractivity contribution in [1.82, 2.24) is 0 Å². The predicted molar refractivity (Wildman–Crippen MR) is 42.6 cm³/mol. The quantitative estimate of drug-likeness (QED) is 0.369. The molecule has 0 spiro atoms. The summed E-state index contributed by atoms with van der Waals surface area (Å²) in [5, 5.41) is 0. The fraction of sp³-hybridized carbons (Fsp3) is 0.750. The van der Waals surface area contributed by atoms with Gasteiger partial charge >= 0.3 is 5.97 Å². The third-order valence-corrected chi connectivity index (χ3v) is 0.402. The van der Waals surface area contributed by atoms with Gasteiger partial charge in [-0.25, -0.2) is 0 Å². The van der Waals surface area contributed by atoms with Crippen LogP contribution in [0.2, 0.25) is 0 Å². The van der Waals surface area contributed by atoms with E-state index >= 15 is 0 Å². The minimum Gasteiger partial charge on any atom is -0.463 e. The minimum atomic E-state index is -0.213. The third-order valence-electron chi connectivity index (χ3n) is 0.402. The second-order valence-electron chi connectivity index (χ2n) is 2.24. The molecule has 0 fully saturated rings. The fourth-order valence-corrected chi connectivity index (χ4v) is 0.332. The Labute approximate surface area is 80.2 Å². The van der Waals surface area contributed by atoms with Gasteiger partial charge in [0.1, 0.15) is 0 Å². The molecule has 0 aliphatic rings. The Morgan fingerprint density at radius 3 is 1.64 bits per heavy atom. The Kier molecular flexibility index (Phi) is 19.8. The standard InChI is InChI=1S/C5H10O2.C3H7.Fe/c1-4(2)7-5(3)6;1-3-2;/h4H,1-3H3;3H,1-2H3;/q;-1;. The summed E-state index contributed by atoms with van der Waals surface area (Å²) < 4.78 is 4.61. The van der Waals surface area contributed by atoms with Gasteiger partial charge < -0.3 is 11.2 Å². The van der Waals surface area contributed by atoms with Gasteiger partial charge in [0.15, 0.2) is 0 Å². The number of ether oxygens (including phenoxy) is 1. The van der Waals surface area contributed by atoms with Crippen LogP contribution in [0, 0.1) is 6.42 Å². The molecule has 0 heterocycles. The van der Waals surface area contributed by atoms with Crippen molar-refractivity contribution in [3.05, 3.63) is 6.42 Å². The minimum absolute atomic E-state index is 0. The number of carbonyl (C=O) groups excluding carboxylic acids is 1. The van der Waals surface area contributed by atoms with E-state index in [4.69, 9.17) is 0 Å². The van der Waals surface area contributed by atoms with Gasteiger partial charge in [-0.3, -0.25) is 4.79 Å². The first kappa shape index (κ1) is 17.2. The number of hydrogen-bond acceptors (Lipinski definition) is 2. The van der Waals surface area contributed by atoms with Crippen LogP contribution in [0.5, 0.6) is 0 Å². The van der Waals surface area contributed by atoms with E-state index in [1.54, 1.807) is 0 Å². The average molecular weight is 201 g/mol. The molecule has 0 aromatic heterocycles. The molecule has 0 aliphatic heterocycles. The zero-order valence-electron chi connectivity index (χ0n) is 7.82. The molecule has 0 amide bonds. The van der Waals surface area contributed by atoms with Gasteiger partial charge in [0, 0.05) is 24.0 Å². The molecule has 0 aromatic carbocycles. The van der Waals surface area contributed by atoms with Crippen molar-refractivity contribution < 1.29 is 26.6 Å². The molecule has 0 saturated heterocycles. The van der Waals surface area contributed by atoms with E-state index in [-0.39, 0.29) is 29.1 Å². The number of hydrogen-bond donors (Lipinski definition) is 0. The van der Waals surface area contributed by atoms with Crippen molar-refractivity contribution in [3.63, 3.8) is 0 Å². The van der Waals surface area contributed by atoms with Gasteiger partial charge in [0.2, 0.25) is 0 Å². The van der Waals surface area contributed by atoms with E-state index in [1.807, 2.05) is 34.1 Å². The van der Waals surface area contributed by atoms with Gasteiger partial charge in [-0.15, -0.1) is 0 Å². The summed E-state index contributed by atoms with van der Waals surface area (Å²) in [5.74, 6) is -0.213. The summed E-state index contributed by atoms with van der Waals surface area (Å²) in [4.78, 5) is 10.0. The van der Waals surface area contributed by atoms with E-state index in [2.05, 4.69) is 4.74 Å². The third kappa shape index (κ3) is 40.1. The van der Waals surface area contributed by atoms with E-state index in [0.717, 1.165) is 0 Å². The van der Waals surface area contributed by atoms with E-state index < -0.39 is 0 Å². The Morgan fingerprint density at radius 2 is 1.64 bits per heavy atom. The first-order valence-electron chi connectivity index (χ1n) is 3.45. The van der Waals surface area contributed by atoms with Gasteiger partial charge in [0.25, 0.3) is 0 Å². The monoisotopic (exact) mass is 201 g/mol. The van der Waals surface area contributed by atoms with Crippen molar-refractivity contribution in [2.24, 2.45) is 0 Å². The maximum absolute atomic E-state index is 10.0. The molecule has 0 rings (SSSR count). The first-order chi connectivity index (χ1) is 4.54. The van der Waals surface area contributed by atoms with E-state index in [9.17, 15) is 4.79 Å². The number of carbonyl (C=O) groups is 1. The molecule has 0 unspecified atom stereocenters. The molecule has 0 aliphatic carbocycles. The second-order valence-corrected chi connectivity index (χ2v) is 2.24. The Morgan fingerprint density at radius 1 is 1.36 bits per heavy atom. The molecule has 3 heteroatoms. The smallest absolute Gasteiger partial charge is 0.302 e. The van der Waals surface area contributed by atoms with Crippen LogP contribution >= 0.6 is 0 Å². The topological polar surface area (TPSA) is 26.3 Å². The molecular formula is C8H17FeO2-. The van der Waals surface area contributed by atoms with E-state index in [1.165, 1.54) is 6.92 Å². The summed E-state index contributed by atoms with van der Waals surface area (Å²) in [5.41, 5.74) is 0. The second kappa shape index (κ2) is 12.6. The molecule has 2 nitrogen and oxygen atoms in total. The van der Waals surface area contributed by atoms with E-state index in [0.29, 0.717) is 0 Å². The summed E-state index contributed by atoms with van der Waals surface area (Å²) in [7, 11) is 0. The maximum atomic E-state index is 10.0. The summed E-state index contributed by atoms with van der Waals surface area (Å²) in [6.07, 6.45) is 2.03. The van der Waals surface area contributed by atoms with Crippen LogP contribution < -0.4 is 0 Å². The van der Waals surface area contributed by atoms with Gasteiger partial charge in [-0.1, -0.05) is 0 Å². The number of rotatable bonds is 1. The molecular weight excluding hydrogens is 184 g/mol. The van der Waals surface area contributed by atoms with Gasteiger partial charge in [-0.05, 0) is 13.8 Å². The predicted octanol–water partition coefficient (Wildman–Crippen LogP) is 2.19. The Balaban J connectivity index is -0.000000140. The van der Waals surface area contributed by atoms with Crippen LogP contribution in [0.4, 0.5) is 0 Å². The normalized spacial score (nSPS) is 7.45. The zero-order valence-corrected chi connectivity index (χ0v) is 8.93. The fourth-order valence-electron chi connectivity index (χ4n) is 0.332. The van der Waals surface area contributed by atoms with Crippen LogP contribution in [0.15, 0.2) is 0 Å². The van der Waals surface area contributed by atoms with Crippen LogP contribution in [0.3, 0.4) is 0 Å². The molecule has 70 valence electrons. The Hall–Kier alpha value is -0.0105. The summed E-state index contributed by atoms with van der Waals surface area (Å²) in [6.45, 7) is 9.04. The largest absolute Gasteiger partial charge is 0.463 e. The SMILES string of the molecule is CC(=O)OC(C)C.C[CH-]C.[Fe]. The van der Waals surface area contributed by atoms with Crippen molar-refractivity contribution in [2.75, 3.05) is 0 Å². The average Bonchev–Trinajstić information content (AvgIpc) is 1.62. The van der Waals surface area contributed by atoms with Gasteiger partial charge in [-0.2, -0.15) is 13.8 Å². The molecule has 0 atom stereocenters. The first-order valence-corrected chi connectivity index (χ1v) is 3.45. The van der Waals surface area contributed by atoms with Crippen LogP contribution in [0.1, 0.15) is 34.6 Å². The molecule has 0 bridgehead atoms. The Bertz CT molecular complexity index is 82.2.